The van der Waals surface area contributed by atoms with Crippen LogP contribution in [0, 0.1) is 0 Å². The zero-order valence-electron chi connectivity index (χ0n) is 29.2. The summed E-state index contributed by atoms with van der Waals surface area (Å²) in [7, 11) is 4.25. The quantitative estimate of drug-likeness (QED) is 0.110. The van der Waals surface area contributed by atoms with Crippen LogP contribution in [0.4, 0.5) is 11.4 Å². The summed E-state index contributed by atoms with van der Waals surface area (Å²) in [5.41, 5.74) is 9.38. The maximum atomic E-state index is 6.53. The van der Waals surface area contributed by atoms with Crippen LogP contribution in [-0.4, -0.2) is 89.7 Å². The van der Waals surface area contributed by atoms with Crippen molar-refractivity contribution in [3.05, 3.63) is 126 Å². The number of benzene rings is 4. The van der Waals surface area contributed by atoms with E-state index in [0.29, 0.717) is 62.8 Å². The molecule has 2 aliphatic heterocycles. The molecule has 272 valence electrons. The first-order chi connectivity index (χ1) is 24.7. The number of likely N-dealkylation sites (N-methyl/N-ethyl adjacent to an activating group) is 2. The van der Waals surface area contributed by atoms with Crippen molar-refractivity contribution in [3.63, 3.8) is 0 Å². The molecule has 4 aromatic carbocycles. The summed E-state index contributed by atoms with van der Waals surface area (Å²) in [5.74, 6) is 0.461. The van der Waals surface area contributed by atoms with Crippen LogP contribution in [0.3, 0.4) is 0 Å². The lowest BCUT2D eigenvalue weighted by Gasteiger charge is -2.33. The Kier molecular flexibility index (Phi) is 13.8. The fourth-order valence-electron chi connectivity index (χ4n) is 7.00. The molecule has 0 bridgehead atoms. The molecule has 2 unspecified atom stereocenters. The van der Waals surface area contributed by atoms with Crippen molar-refractivity contribution in [1.82, 2.24) is 9.80 Å². The van der Waals surface area contributed by atoms with E-state index in [2.05, 4.69) is 95.2 Å². The third-order valence-electron chi connectivity index (χ3n) is 9.51. The Morgan fingerprint density at radius 3 is 1.31 bits per heavy atom. The molecule has 0 aromatic heterocycles. The van der Waals surface area contributed by atoms with Crippen molar-refractivity contribution in [2.45, 2.75) is 24.9 Å². The molecular weight excluding hydrogens is 726 g/mol. The van der Waals surface area contributed by atoms with Gasteiger partial charge in [0.2, 0.25) is 0 Å². The number of fused-ring (bicyclic) bond motifs is 2. The summed E-state index contributed by atoms with van der Waals surface area (Å²) in [6.45, 7) is 8.30. The monoisotopic (exact) mass is 770 g/mol. The average Bonchev–Trinajstić information content (AvgIpc) is 3.11. The highest BCUT2D eigenvalue weighted by molar-refractivity contribution is 6.35. The molecule has 51 heavy (non-hydrogen) atoms. The maximum Gasteiger partial charge on any atom is 0.0701 e. The first kappa shape index (κ1) is 38.2. The van der Waals surface area contributed by atoms with Crippen LogP contribution >= 0.6 is 46.4 Å². The Morgan fingerprint density at radius 2 is 0.922 bits per heavy atom. The second-order valence-corrected chi connectivity index (χ2v) is 15.0. The molecule has 4 aromatic rings. The number of hydrogen-bond donors (Lipinski definition) is 2. The van der Waals surface area contributed by atoms with Gasteiger partial charge >= 0.3 is 0 Å². The highest BCUT2D eigenvalue weighted by Crippen LogP contribution is 2.40. The number of ether oxygens (including phenoxy) is 3. The van der Waals surface area contributed by atoms with Crippen LogP contribution in [0.2, 0.25) is 20.1 Å². The van der Waals surface area contributed by atoms with Crippen LogP contribution in [0.15, 0.2) is 72.8 Å². The van der Waals surface area contributed by atoms with E-state index in [1.807, 2.05) is 12.1 Å². The van der Waals surface area contributed by atoms with Gasteiger partial charge < -0.3 is 34.6 Å². The number of nitrogens with one attached hydrogen (secondary N) is 2. The summed E-state index contributed by atoms with van der Waals surface area (Å²) < 4.78 is 17.1. The SMILES string of the molecule is CN1Cc2c(Cl)cc(Cl)cc2C(c2ccc(NCCOCCOCCOCCNc3ccc(C4CN(C)Cc5c(Cl)cc(Cl)cc54)cc3)cc2)C1. The summed E-state index contributed by atoms with van der Waals surface area (Å²) in [4.78, 5) is 4.61. The molecule has 7 nitrogen and oxygen atoms in total. The van der Waals surface area contributed by atoms with Gasteiger partial charge in [-0.1, -0.05) is 70.7 Å². The van der Waals surface area contributed by atoms with Gasteiger partial charge in [-0.25, -0.2) is 0 Å². The predicted octanol–water partition coefficient (Wildman–Crippen LogP) is 9.03. The molecule has 0 aliphatic carbocycles. The Morgan fingerprint density at radius 1 is 0.549 bits per heavy atom. The van der Waals surface area contributed by atoms with Gasteiger partial charge in [0.25, 0.3) is 0 Å². The molecule has 2 aliphatic rings. The molecule has 0 amide bonds. The number of halogens is 4. The van der Waals surface area contributed by atoms with Crippen molar-refractivity contribution < 1.29 is 14.2 Å². The van der Waals surface area contributed by atoms with E-state index in [4.69, 9.17) is 60.6 Å². The van der Waals surface area contributed by atoms with E-state index in [9.17, 15) is 0 Å². The fraction of sp³-hybridized carbons (Fsp3) is 0.400. The van der Waals surface area contributed by atoms with E-state index >= 15 is 0 Å². The lowest BCUT2D eigenvalue weighted by molar-refractivity contribution is 0.0183. The molecule has 0 spiro atoms. The van der Waals surface area contributed by atoms with Crippen molar-refractivity contribution in [1.29, 1.82) is 0 Å². The smallest absolute Gasteiger partial charge is 0.0701 e. The van der Waals surface area contributed by atoms with E-state index in [1.165, 1.54) is 22.3 Å². The Hall–Kier alpha value is -2.56. The van der Waals surface area contributed by atoms with Crippen LogP contribution in [0.25, 0.3) is 0 Å². The summed E-state index contributed by atoms with van der Waals surface area (Å²) in [5, 5.41) is 9.71. The number of hydrogen-bond acceptors (Lipinski definition) is 7. The maximum absolute atomic E-state index is 6.53. The topological polar surface area (TPSA) is 58.2 Å². The third-order valence-corrected chi connectivity index (χ3v) is 10.6. The lowest BCUT2D eigenvalue weighted by Crippen LogP contribution is -2.31. The second kappa shape index (κ2) is 18.5. The van der Waals surface area contributed by atoms with E-state index < -0.39 is 0 Å². The largest absolute Gasteiger partial charge is 0.383 e. The molecule has 0 fully saturated rings. The highest BCUT2D eigenvalue weighted by Gasteiger charge is 2.28. The first-order valence-electron chi connectivity index (χ1n) is 17.5. The van der Waals surface area contributed by atoms with Crippen LogP contribution in [-0.2, 0) is 27.3 Å². The standard InChI is InChI=1S/C40H46Cl4N4O3/c1-47-23-35(33-19-29(41)21-39(43)37(33)25-47)27-3-7-31(8-4-27)45-11-13-49-15-17-51-18-16-50-14-12-46-32-9-5-28(6-10-32)36-24-48(2)26-38-34(36)20-30(42)22-40(38)44/h3-10,19-22,35-36,45-46H,11-18,23-26H2,1-2H3. The fourth-order valence-corrected chi connectivity index (χ4v) is 8.14. The van der Waals surface area contributed by atoms with E-state index in [1.54, 1.807) is 0 Å². The van der Waals surface area contributed by atoms with Crippen LogP contribution < -0.4 is 10.6 Å². The molecule has 2 heterocycles. The van der Waals surface area contributed by atoms with Gasteiger partial charge in [-0.3, -0.25) is 0 Å². The summed E-state index contributed by atoms with van der Waals surface area (Å²) >= 11 is 25.8. The normalized spacial score (nSPS) is 17.6. The summed E-state index contributed by atoms with van der Waals surface area (Å²) in [6.07, 6.45) is 0. The minimum absolute atomic E-state index is 0.231. The minimum Gasteiger partial charge on any atom is -0.383 e. The van der Waals surface area contributed by atoms with Gasteiger partial charge in [-0.15, -0.1) is 0 Å². The molecule has 6 rings (SSSR count). The number of nitrogens with zero attached hydrogens (tertiary/aromatic N) is 2. The van der Waals surface area contributed by atoms with Crippen molar-refractivity contribution in [2.24, 2.45) is 0 Å². The van der Waals surface area contributed by atoms with Gasteiger partial charge in [-0.2, -0.15) is 0 Å². The molecule has 2 atom stereocenters. The van der Waals surface area contributed by atoms with Gasteiger partial charge in [-0.05, 0) is 96.0 Å². The van der Waals surface area contributed by atoms with Crippen LogP contribution in [0.1, 0.15) is 45.2 Å². The van der Waals surface area contributed by atoms with Crippen molar-refractivity contribution in [2.75, 3.05) is 90.5 Å². The first-order valence-corrected chi connectivity index (χ1v) is 19.0. The summed E-state index contributed by atoms with van der Waals surface area (Å²) in [6, 6.07) is 25.0. The van der Waals surface area contributed by atoms with Gasteiger partial charge in [0, 0.05) is 82.6 Å². The van der Waals surface area contributed by atoms with Crippen molar-refractivity contribution >= 4 is 57.8 Å². The molecule has 0 saturated heterocycles. The molecule has 0 radical (unpaired) electrons. The van der Waals surface area contributed by atoms with Crippen molar-refractivity contribution in [3.8, 4) is 0 Å². The van der Waals surface area contributed by atoms with Gasteiger partial charge in [0.15, 0.2) is 0 Å². The Bertz CT molecular complexity index is 1610. The highest BCUT2D eigenvalue weighted by atomic mass is 35.5. The second-order valence-electron chi connectivity index (χ2n) is 13.3. The van der Waals surface area contributed by atoms with E-state index in [-0.39, 0.29) is 11.8 Å². The molecule has 0 saturated carbocycles. The van der Waals surface area contributed by atoms with Crippen LogP contribution in [0.5, 0.6) is 0 Å². The molecular formula is C40H46Cl4N4O3. The minimum atomic E-state index is 0.231. The predicted molar refractivity (Wildman–Crippen MR) is 212 cm³/mol. The number of rotatable bonds is 16. The average molecular weight is 773 g/mol. The Balaban J connectivity index is 0.804. The molecule has 2 N–H and O–H groups in total. The van der Waals surface area contributed by atoms with E-state index in [0.717, 1.165) is 58.7 Å². The van der Waals surface area contributed by atoms with Gasteiger partial charge in [0.1, 0.15) is 0 Å². The Labute approximate surface area is 322 Å². The molecule has 11 heteroatoms. The van der Waals surface area contributed by atoms with Gasteiger partial charge in [0.05, 0.1) is 39.6 Å². The third kappa shape index (κ3) is 10.3. The zero-order valence-corrected chi connectivity index (χ0v) is 32.2. The number of anilines is 2. The lowest BCUT2D eigenvalue weighted by atomic mass is 9.84. The zero-order chi connectivity index (χ0) is 35.7.